The van der Waals surface area contributed by atoms with Gasteiger partial charge in [-0.05, 0) is 38.2 Å². The normalized spacial score (nSPS) is 17.2. The Kier molecular flexibility index (Phi) is 5.80. The minimum atomic E-state index is -0.857. The molecule has 2 N–H and O–H groups in total. The van der Waals surface area contributed by atoms with Crippen molar-refractivity contribution in [3.05, 3.63) is 30.1 Å². The van der Waals surface area contributed by atoms with Gasteiger partial charge in [0.25, 0.3) is 11.8 Å². The van der Waals surface area contributed by atoms with Gasteiger partial charge in [0.1, 0.15) is 6.04 Å². The van der Waals surface area contributed by atoms with Gasteiger partial charge in [0.15, 0.2) is 5.11 Å². The first kappa shape index (κ1) is 17.8. The molecule has 0 saturated carbocycles. The van der Waals surface area contributed by atoms with Crippen molar-refractivity contribution in [1.82, 2.24) is 25.6 Å². The Morgan fingerprint density at radius 2 is 2.12 bits per heavy atom. The molecule has 1 aromatic rings. The molecule has 9 heteroatoms. The standard InChI is InChI=1S/C15H19N5O3S/c1-3-17-12(21)8-11-14(23)19(4-2)15(24)20(11)18-13(22)10-6-5-7-16-9-10/h5-7,9,11H,3-4,8H2,1-2H3,(H,17,21)(H,18,22). The van der Waals surface area contributed by atoms with Crippen LogP contribution in [0, 0.1) is 0 Å². The van der Waals surface area contributed by atoms with Gasteiger partial charge in [-0.25, -0.2) is 5.01 Å². The molecule has 0 radical (unpaired) electrons. The van der Waals surface area contributed by atoms with Gasteiger partial charge in [0.2, 0.25) is 5.91 Å². The average Bonchev–Trinajstić information content (AvgIpc) is 2.79. The summed E-state index contributed by atoms with van der Waals surface area (Å²) in [7, 11) is 0. The van der Waals surface area contributed by atoms with Gasteiger partial charge in [0.05, 0.1) is 12.0 Å². The summed E-state index contributed by atoms with van der Waals surface area (Å²) in [4.78, 5) is 41.9. The van der Waals surface area contributed by atoms with Crippen molar-refractivity contribution in [2.75, 3.05) is 13.1 Å². The first-order valence-corrected chi connectivity index (χ1v) is 8.02. The summed E-state index contributed by atoms with van der Waals surface area (Å²) in [5, 5.41) is 4.10. The number of carbonyl (C=O) groups is 3. The molecule has 1 unspecified atom stereocenters. The van der Waals surface area contributed by atoms with E-state index in [1.807, 2.05) is 0 Å². The summed E-state index contributed by atoms with van der Waals surface area (Å²) in [6.45, 7) is 4.39. The second kappa shape index (κ2) is 7.82. The predicted octanol–water partition coefficient (Wildman–Crippen LogP) is 0.0702. The molecule has 1 saturated heterocycles. The lowest BCUT2D eigenvalue weighted by molar-refractivity contribution is -0.132. The van der Waals surface area contributed by atoms with Crippen LogP contribution in [0.1, 0.15) is 30.6 Å². The molecule has 0 aromatic carbocycles. The summed E-state index contributed by atoms with van der Waals surface area (Å²) in [6, 6.07) is 2.37. The van der Waals surface area contributed by atoms with Crippen LogP contribution < -0.4 is 10.7 Å². The Balaban J connectivity index is 2.19. The fraction of sp³-hybridized carbons (Fsp3) is 0.400. The molecule has 1 aliphatic heterocycles. The van der Waals surface area contributed by atoms with Gasteiger partial charge in [-0.3, -0.25) is 29.7 Å². The van der Waals surface area contributed by atoms with Crippen LogP contribution in [0.15, 0.2) is 24.5 Å². The molecule has 2 rings (SSSR count). The van der Waals surface area contributed by atoms with Crippen LogP contribution in [0.3, 0.4) is 0 Å². The lowest BCUT2D eigenvalue weighted by Gasteiger charge is -2.24. The molecule has 1 aromatic heterocycles. The van der Waals surface area contributed by atoms with E-state index < -0.39 is 11.9 Å². The van der Waals surface area contributed by atoms with E-state index in [4.69, 9.17) is 12.2 Å². The van der Waals surface area contributed by atoms with Gasteiger partial charge >= 0.3 is 0 Å². The third-order valence-electron chi connectivity index (χ3n) is 3.51. The van der Waals surface area contributed by atoms with E-state index in [0.29, 0.717) is 18.7 Å². The van der Waals surface area contributed by atoms with Gasteiger partial charge in [-0.15, -0.1) is 0 Å². The number of rotatable bonds is 6. The van der Waals surface area contributed by atoms with Gasteiger partial charge in [0, 0.05) is 25.5 Å². The van der Waals surface area contributed by atoms with Crippen molar-refractivity contribution >= 4 is 35.1 Å². The van der Waals surface area contributed by atoms with E-state index in [9.17, 15) is 14.4 Å². The minimum absolute atomic E-state index is 0.0867. The highest BCUT2D eigenvalue weighted by Crippen LogP contribution is 2.19. The molecule has 8 nitrogen and oxygen atoms in total. The summed E-state index contributed by atoms with van der Waals surface area (Å²) in [5.74, 6) is -1.03. The van der Waals surface area contributed by atoms with E-state index in [0.717, 1.165) is 0 Å². The first-order valence-electron chi connectivity index (χ1n) is 7.61. The molecule has 24 heavy (non-hydrogen) atoms. The van der Waals surface area contributed by atoms with E-state index in [-0.39, 0.29) is 23.3 Å². The zero-order valence-electron chi connectivity index (χ0n) is 13.5. The average molecular weight is 349 g/mol. The highest BCUT2D eigenvalue weighted by Gasteiger charge is 2.43. The van der Waals surface area contributed by atoms with E-state index >= 15 is 0 Å². The summed E-state index contributed by atoms with van der Waals surface area (Å²) < 4.78 is 0. The molecule has 1 atom stereocenters. The monoisotopic (exact) mass is 349 g/mol. The Morgan fingerprint density at radius 1 is 1.38 bits per heavy atom. The van der Waals surface area contributed by atoms with E-state index in [2.05, 4.69) is 15.7 Å². The molecule has 0 aliphatic carbocycles. The van der Waals surface area contributed by atoms with E-state index in [1.54, 1.807) is 32.2 Å². The number of nitrogens with zero attached hydrogens (tertiary/aromatic N) is 3. The lowest BCUT2D eigenvalue weighted by Crippen LogP contribution is -2.50. The number of likely N-dealkylation sites (N-methyl/N-ethyl adjacent to an activating group) is 1. The van der Waals surface area contributed by atoms with Crippen molar-refractivity contribution < 1.29 is 14.4 Å². The molecule has 3 amide bonds. The Labute approximate surface area is 145 Å². The van der Waals surface area contributed by atoms with Crippen LogP contribution >= 0.6 is 12.2 Å². The molecule has 0 bridgehead atoms. The Bertz CT molecular complexity index is 652. The fourth-order valence-corrected chi connectivity index (χ4v) is 2.75. The van der Waals surface area contributed by atoms with Gasteiger partial charge < -0.3 is 5.32 Å². The number of pyridine rings is 1. The number of nitrogens with one attached hydrogen (secondary N) is 2. The number of thiocarbonyl (C=S) groups is 1. The van der Waals surface area contributed by atoms with Crippen LogP contribution in [0.2, 0.25) is 0 Å². The number of amides is 3. The minimum Gasteiger partial charge on any atom is -0.356 e. The maximum Gasteiger partial charge on any atom is 0.271 e. The second-order valence-corrected chi connectivity index (χ2v) is 5.46. The Morgan fingerprint density at radius 3 is 2.71 bits per heavy atom. The summed E-state index contributed by atoms with van der Waals surface area (Å²) in [6.07, 6.45) is 2.88. The molecular weight excluding hydrogens is 330 g/mol. The number of hydrogen-bond donors (Lipinski definition) is 2. The van der Waals surface area contributed by atoms with Crippen LogP contribution in [-0.2, 0) is 9.59 Å². The molecule has 1 fully saturated rings. The van der Waals surface area contributed by atoms with Crippen molar-refractivity contribution in [3.63, 3.8) is 0 Å². The van der Waals surface area contributed by atoms with Gasteiger partial charge in [-0.1, -0.05) is 0 Å². The van der Waals surface area contributed by atoms with Crippen molar-refractivity contribution in [2.24, 2.45) is 0 Å². The lowest BCUT2D eigenvalue weighted by atomic mass is 10.2. The van der Waals surface area contributed by atoms with Crippen molar-refractivity contribution in [1.29, 1.82) is 0 Å². The van der Waals surface area contributed by atoms with Gasteiger partial charge in [-0.2, -0.15) is 0 Å². The van der Waals surface area contributed by atoms with Crippen molar-refractivity contribution in [2.45, 2.75) is 26.3 Å². The van der Waals surface area contributed by atoms with E-state index in [1.165, 1.54) is 16.1 Å². The summed E-state index contributed by atoms with van der Waals surface area (Å²) >= 11 is 5.27. The third kappa shape index (κ3) is 3.67. The number of hydrogen-bond acceptors (Lipinski definition) is 5. The number of carbonyl (C=O) groups excluding carboxylic acids is 3. The smallest absolute Gasteiger partial charge is 0.271 e. The second-order valence-electron chi connectivity index (χ2n) is 5.09. The quantitative estimate of drug-likeness (QED) is 0.706. The zero-order valence-corrected chi connectivity index (χ0v) is 14.3. The highest BCUT2D eigenvalue weighted by molar-refractivity contribution is 7.80. The first-order chi connectivity index (χ1) is 11.5. The summed E-state index contributed by atoms with van der Waals surface area (Å²) in [5.41, 5.74) is 2.94. The molecule has 128 valence electrons. The molecule has 2 heterocycles. The fourth-order valence-electron chi connectivity index (χ4n) is 2.36. The molecule has 0 spiro atoms. The Hall–Kier alpha value is -2.55. The van der Waals surface area contributed by atoms with Crippen LogP contribution in [0.5, 0.6) is 0 Å². The maximum atomic E-state index is 12.5. The number of hydrazine groups is 1. The van der Waals surface area contributed by atoms with Crippen LogP contribution in [-0.4, -0.2) is 56.9 Å². The van der Waals surface area contributed by atoms with Crippen molar-refractivity contribution in [3.8, 4) is 0 Å². The highest BCUT2D eigenvalue weighted by atomic mass is 32.1. The number of aromatic nitrogens is 1. The molecule has 1 aliphatic rings. The predicted molar refractivity (Wildman–Crippen MR) is 90.6 cm³/mol. The zero-order chi connectivity index (χ0) is 17.7. The van der Waals surface area contributed by atoms with Crippen LogP contribution in [0.4, 0.5) is 0 Å². The van der Waals surface area contributed by atoms with Crippen LogP contribution in [0.25, 0.3) is 0 Å². The molecular formula is C15H19N5O3S. The largest absolute Gasteiger partial charge is 0.356 e. The SMILES string of the molecule is CCNC(=O)CC1C(=O)N(CC)C(=S)N1NC(=O)c1cccnc1. The topological polar surface area (TPSA) is 94.6 Å². The third-order valence-corrected chi connectivity index (χ3v) is 3.93. The maximum absolute atomic E-state index is 12.5.